The summed E-state index contributed by atoms with van der Waals surface area (Å²) in [5, 5.41) is 3.37. The minimum atomic E-state index is 0.0201. The van der Waals surface area contributed by atoms with E-state index in [-0.39, 0.29) is 11.9 Å². The minimum absolute atomic E-state index is 0.0201. The van der Waals surface area contributed by atoms with Crippen molar-refractivity contribution >= 4 is 11.7 Å². The highest BCUT2D eigenvalue weighted by Gasteiger charge is 2.25. The molecule has 0 aliphatic carbocycles. The summed E-state index contributed by atoms with van der Waals surface area (Å²) in [7, 11) is 0. The van der Waals surface area contributed by atoms with Crippen LogP contribution in [0.1, 0.15) is 30.1 Å². The first kappa shape index (κ1) is 15.3. The number of hydrogen-bond acceptors (Lipinski definition) is 6. The van der Waals surface area contributed by atoms with Gasteiger partial charge in [-0.2, -0.15) is 0 Å². The summed E-state index contributed by atoms with van der Waals surface area (Å²) in [6.45, 7) is 3.86. The van der Waals surface area contributed by atoms with Crippen LogP contribution in [0, 0.1) is 0 Å². The van der Waals surface area contributed by atoms with E-state index in [1.807, 2.05) is 11.8 Å². The third kappa shape index (κ3) is 3.61. The van der Waals surface area contributed by atoms with Gasteiger partial charge in [0.05, 0.1) is 18.4 Å². The van der Waals surface area contributed by atoms with Crippen molar-refractivity contribution in [2.24, 2.45) is 0 Å². The normalized spacial score (nSPS) is 15.4. The van der Waals surface area contributed by atoms with Gasteiger partial charge in [-0.15, -0.1) is 0 Å². The summed E-state index contributed by atoms with van der Waals surface area (Å²) in [6, 6.07) is 1.94. The molecule has 2 aromatic rings. The first-order valence-electron chi connectivity index (χ1n) is 7.79. The molecule has 1 aliphatic heterocycles. The van der Waals surface area contributed by atoms with Crippen LogP contribution in [0.15, 0.2) is 35.4 Å². The number of amides is 1. The fourth-order valence-electron chi connectivity index (χ4n) is 2.66. The van der Waals surface area contributed by atoms with Gasteiger partial charge in [0.2, 0.25) is 0 Å². The quantitative estimate of drug-likeness (QED) is 0.910. The van der Waals surface area contributed by atoms with Crippen LogP contribution in [0.5, 0.6) is 5.88 Å². The number of hydrogen-bond donors (Lipinski definition) is 1. The molecule has 1 fully saturated rings. The molecule has 2 aromatic heterocycles. The molecule has 23 heavy (non-hydrogen) atoms. The van der Waals surface area contributed by atoms with E-state index < -0.39 is 0 Å². The van der Waals surface area contributed by atoms with Gasteiger partial charge in [-0.25, -0.2) is 9.97 Å². The number of rotatable bonds is 5. The van der Waals surface area contributed by atoms with Crippen LogP contribution >= 0.6 is 0 Å². The zero-order valence-electron chi connectivity index (χ0n) is 13.1. The maximum Gasteiger partial charge on any atom is 0.257 e. The smallest absolute Gasteiger partial charge is 0.257 e. The molecule has 0 atom stereocenters. The predicted octanol–water partition coefficient (Wildman–Crippen LogP) is 2.19. The molecule has 1 N–H and O–H groups in total. The molecule has 3 heterocycles. The molecule has 0 bridgehead atoms. The maximum absolute atomic E-state index is 12.3. The molecule has 1 aliphatic rings. The molecule has 1 amide bonds. The first-order chi connectivity index (χ1) is 11.3. The van der Waals surface area contributed by atoms with Gasteiger partial charge < -0.3 is 19.4 Å². The number of furan rings is 1. The van der Waals surface area contributed by atoms with E-state index >= 15 is 0 Å². The van der Waals surface area contributed by atoms with E-state index in [0.29, 0.717) is 37.0 Å². The molecule has 1 saturated heterocycles. The molecule has 0 radical (unpaired) electrons. The summed E-state index contributed by atoms with van der Waals surface area (Å²) < 4.78 is 10.4. The van der Waals surface area contributed by atoms with Crippen molar-refractivity contribution in [3.8, 4) is 5.88 Å². The lowest BCUT2D eigenvalue weighted by Crippen LogP contribution is -2.42. The molecule has 0 unspecified atom stereocenters. The SMILES string of the molecule is CCOc1nccnc1NC1CCN(C(=O)c2ccoc2)CC1. The lowest BCUT2D eigenvalue weighted by atomic mass is 10.0. The van der Waals surface area contributed by atoms with E-state index in [9.17, 15) is 4.79 Å². The average molecular weight is 316 g/mol. The second kappa shape index (κ2) is 7.13. The van der Waals surface area contributed by atoms with Crippen molar-refractivity contribution in [2.45, 2.75) is 25.8 Å². The third-order valence-electron chi connectivity index (χ3n) is 3.84. The molecule has 0 saturated carbocycles. The van der Waals surface area contributed by atoms with Crippen LogP contribution in [-0.4, -0.2) is 46.5 Å². The van der Waals surface area contributed by atoms with E-state index in [2.05, 4.69) is 15.3 Å². The number of likely N-dealkylation sites (tertiary alicyclic amines) is 1. The zero-order valence-corrected chi connectivity index (χ0v) is 13.1. The van der Waals surface area contributed by atoms with Gasteiger partial charge in [-0.05, 0) is 25.8 Å². The van der Waals surface area contributed by atoms with Gasteiger partial charge in [0.15, 0.2) is 5.82 Å². The van der Waals surface area contributed by atoms with Crippen LogP contribution in [-0.2, 0) is 0 Å². The largest absolute Gasteiger partial charge is 0.475 e. The first-order valence-corrected chi connectivity index (χ1v) is 7.79. The minimum Gasteiger partial charge on any atom is -0.475 e. The van der Waals surface area contributed by atoms with Gasteiger partial charge in [-0.1, -0.05) is 0 Å². The number of nitrogens with one attached hydrogen (secondary N) is 1. The Balaban J connectivity index is 1.56. The zero-order chi connectivity index (χ0) is 16.1. The molecule has 7 heteroatoms. The van der Waals surface area contributed by atoms with Crippen molar-refractivity contribution in [1.29, 1.82) is 0 Å². The summed E-state index contributed by atoms with van der Waals surface area (Å²) in [5.41, 5.74) is 0.601. The number of carbonyl (C=O) groups is 1. The topological polar surface area (TPSA) is 80.5 Å². The highest BCUT2D eigenvalue weighted by atomic mass is 16.5. The van der Waals surface area contributed by atoms with Crippen molar-refractivity contribution in [1.82, 2.24) is 14.9 Å². The predicted molar refractivity (Wildman–Crippen MR) is 84.5 cm³/mol. The second-order valence-electron chi connectivity index (χ2n) is 5.37. The number of carbonyl (C=O) groups excluding carboxylic acids is 1. The molecule has 122 valence electrons. The Morgan fingerprint density at radius 1 is 1.39 bits per heavy atom. The second-order valence-corrected chi connectivity index (χ2v) is 5.37. The van der Waals surface area contributed by atoms with Crippen LogP contribution in [0.25, 0.3) is 0 Å². The van der Waals surface area contributed by atoms with Crippen molar-refractivity contribution in [3.05, 3.63) is 36.5 Å². The highest BCUT2D eigenvalue weighted by Crippen LogP contribution is 2.22. The average Bonchev–Trinajstić information content (AvgIpc) is 3.11. The summed E-state index contributed by atoms with van der Waals surface area (Å²) >= 11 is 0. The Hall–Kier alpha value is -2.57. The monoisotopic (exact) mass is 316 g/mol. The van der Waals surface area contributed by atoms with Crippen LogP contribution in [0.4, 0.5) is 5.82 Å². The van der Waals surface area contributed by atoms with Crippen LogP contribution < -0.4 is 10.1 Å². The molecular weight excluding hydrogens is 296 g/mol. The lowest BCUT2D eigenvalue weighted by molar-refractivity contribution is 0.0717. The molecular formula is C16H20N4O3. The number of nitrogens with zero attached hydrogens (tertiary/aromatic N) is 3. The van der Waals surface area contributed by atoms with E-state index in [4.69, 9.17) is 9.15 Å². The highest BCUT2D eigenvalue weighted by molar-refractivity contribution is 5.93. The fraction of sp³-hybridized carbons (Fsp3) is 0.438. The summed E-state index contributed by atoms with van der Waals surface area (Å²) in [4.78, 5) is 22.6. The Morgan fingerprint density at radius 3 is 2.87 bits per heavy atom. The van der Waals surface area contributed by atoms with Crippen molar-refractivity contribution < 1.29 is 13.9 Å². The maximum atomic E-state index is 12.3. The van der Waals surface area contributed by atoms with Crippen LogP contribution in [0.3, 0.4) is 0 Å². The number of piperidine rings is 1. The summed E-state index contributed by atoms with van der Waals surface area (Å²) in [6.07, 6.45) is 7.97. The Bertz CT molecular complexity index is 637. The number of aromatic nitrogens is 2. The van der Waals surface area contributed by atoms with E-state index in [1.54, 1.807) is 18.5 Å². The Kier molecular flexibility index (Phi) is 4.75. The Labute approximate surface area is 134 Å². The third-order valence-corrected chi connectivity index (χ3v) is 3.84. The van der Waals surface area contributed by atoms with Gasteiger partial charge >= 0.3 is 0 Å². The van der Waals surface area contributed by atoms with Crippen molar-refractivity contribution in [3.63, 3.8) is 0 Å². The van der Waals surface area contributed by atoms with E-state index in [1.165, 1.54) is 12.5 Å². The van der Waals surface area contributed by atoms with Crippen LogP contribution in [0.2, 0.25) is 0 Å². The number of anilines is 1. The van der Waals surface area contributed by atoms with Gasteiger partial charge in [0.25, 0.3) is 11.8 Å². The van der Waals surface area contributed by atoms with Gasteiger partial charge in [0, 0.05) is 31.5 Å². The number of ether oxygens (including phenoxy) is 1. The van der Waals surface area contributed by atoms with Gasteiger partial charge in [0.1, 0.15) is 6.26 Å². The standard InChI is InChI=1S/C16H20N4O3/c1-2-23-15-14(17-6-7-18-15)19-13-3-8-20(9-4-13)16(21)12-5-10-22-11-12/h5-7,10-11,13H,2-4,8-9H2,1H3,(H,17,19). The molecule has 0 aromatic carbocycles. The molecule has 0 spiro atoms. The van der Waals surface area contributed by atoms with E-state index in [0.717, 1.165) is 12.8 Å². The van der Waals surface area contributed by atoms with Crippen molar-refractivity contribution in [2.75, 3.05) is 25.0 Å². The fourth-order valence-corrected chi connectivity index (χ4v) is 2.66. The molecule has 3 rings (SSSR count). The van der Waals surface area contributed by atoms with Gasteiger partial charge in [-0.3, -0.25) is 4.79 Å². The molecule has 7 nitrogen and oxygen atoms in total. The Morgan fingerprint density at radius 2 is 2.17 bits per heavy atom. The summed E-state index contributed by atoms with van der Waals surface area (Å²) in [5.74, 6) is 1.20. The lowest BCUT2D eigenvalue weighted by Gasteiger charge is -2.32.